The summed E-state index contributed by atoms with van der Waals surface area (Å²) in [6.45, 7) is 6.06. The van der Waals surface area contributed by atoms with Crippen molar-refractivity contribution in [1.29, 1.82) is 0 Å². The fraction of sp³-hybridized carbons (Fsp3) is 0.500. The molecule has 1 aliphatic rings. The Morgan fingerprint density at radius 1 is 1.33 bits per heavy atom. The van der Waals surface area contributed by atoms with E-state index < -0.39 is 0 Å². The standard InChI is InChI=1S/C18H24N4OS/c1-14(2)11-21-13-19-20-18(21)16-9-6-10-22(16)17(23)12-24-15-7-4-3-5-8-15/h3-5,7-8,13-14,16H,6,9-12H2,1-2H3/t16-/m0/s1. The second-order valence-corrected chi connectivity index (χ2v) is 7.63. The number of nitrogens with zero attached hydrogens (tertiary/aromatic N) is 4. The summed E-state index contributed by atoms with van der Waals surface area (Å²) in [5, 5.41) is 8.39. The maximum atomic E-state index is 12.7. The Labute approximate surface area is 147 Å². The maximum Gasteiger partial charge on any atom is 0.233 e. The van der Waals surface area contributed by atoms with E-state index in [2.05, 4.69) is 28.6 Å². The van der Waals surface area contributed by atoms with Crippen molar-refractivity contribution in [3.8, 4) is 0 Å². The number of hydrogen-bond donors (Lipinski definition) is 0. The van der Waals surface area contributed by atoms with Gasteiger partial charge in [0.1, 0.15) is 6.33 Å². The minimum Gasteiger partial charge on any atom is -0.332 e. The molecule has 1 amide bonds. The summed E-state index contributed by atoms with van der Waals surface area (Å²) in [5.74, 6) is 2.11. The number of aromatic nitrogens is 3. The second kappa shape index (κ2) is 7.83. The molecule has 1 atom stereocenters. The van der Waals surface area contributed by atoms with Crippen LogP contribution in [0.3, 0.4) is 0 Å². The summed E-state index contributed by atoms with van der Waals surface area (Å²) in [6, 6.07) is 10.1. The first kappa shape index (κ1) is 17.0. The van der Waals surface area contributed by atoms with Crippen LogP contribution in [0.1, 0.15) is 38.6 Å². The zero-order valence-electron chi connectivity index (χ0n) is 14.3. The number of benzene rings is 1. The first-order valence-electron chi connectivity index (χ1n) is 8.50. The zero-order chi connectivity index (χ0) is 16.9. The van der Waals surface area contributed by atoms with Gasteiger partial charge in [0.2, 0.25) is 5.91 Å². The average molecular weight is 344 g/mol. The van der Waals surface area contributed by atoms with Crippen molar-refractivity contribution in [2.24, 2.45) is 5.92 Å². The average Bonchev–Trinajstić information content (AvgIpc) is 3.21. The molecule has 0 saturated carbocycles. The molecule has 0 N–H and O–H groups in total. The van der Waals surface area contributed by atoms with Crippen molar-refractivity contribution < 1.29 is 4.79 Å². The van der Waals surface area contributed by atoms with E-state index in [4.69, 9.17) is 0 Å². The Morgan fingerprint density at radius 2 is 2.12 bits per heavy atom. The van der Waals surface area contributed by atoms with Gasteiger partial charge < -0.3 is 9.47 Å². The van der Waals surface area contributed by atoms with E-state index in [9.17, 15) is 4.79 Å². The molecule has 0 radical (unpaired) electrons. The van der Waals surface area contributed by atoms with Crippen LogP contribution in [-0.2, 0) is 11.3 Å². The molecule has 0 spiro atoms. The first-order valence-corrected chi connectivity index (χ1v) is 9.48. The van der Waals surface area contributed by atoms with Crippen LogP contribution >= 0.6 is 11.8 Å². The van der Waals surface area contributed by atoms with Crippen LogP contribution in [0.5, 0.6) is 0 Å². The smallest absolute Gasteiger partial charge is 0.233 e. The summed E-state index contributed by atoms with van der Waals surface area (Å²) in [5.41, 5.74) is 0. The van der Waals surface area contributed by atoms with E-state index in [1.807, 2.05) is 35.2 Å². The molecule has 5 nitrogen and oxygen atoms in total. The molecular formula is C18H24N4OS. The van der Waals surface area contributed by atoms with Gasteiger partial charge in [0.15, 0.2) is 5.82 Å². The van der Waals surface area contributed by atoms with Gasteiger partial charge in [-0.05, 0) is 30.9 Å². The predicted octanol–water partition coefficient (Wildman–Crippen LogP) is 3.39. The van der Waals surface area contributed by atoms with Crippen LogP contribution in [0, 0.1) is 5.92 Å². The topological polar surface area (TPSA) is 51.0 Å². The summed E-state index contributed by atoms with van der Waals surface area (Å²) in [4.78, 5) is 15.8. The summed E-state index contributed by atoms with van der Waals surface area (Å²) in [7, 11) is 0. The lowest BCUT2D eigenvalue weighted by Gasteiger charge is -2.24. The highest BCUT2D eigenvalue weighted by molar-refractivity contribution is 8.00. The Bertz CT molecular complexity index is 671. The molecule has 1 aromatic heterocycles. The quantitative estimate of drug-likeness (QED) is 0.754. The van der Waals surface area contributed by atoms with Gasteiger partial charge in [0, 0.05) is 18.0 Å². The molecule has 2 aromatic rings. The van der Waals surface area contributed by atoms with Crippen LogP contribution in [-0.4, -0.2) is 37.9 Å². The molecule has 1 fully saturated rings. The molecule has 6 heteroatoms. The number of rotatable bonds is 6. The summed E-state index contributed by atoms with van der Waals surface area (Å²) >= 11 is 1.60. The molecule has 1 aliphatic heterocycles. The number of likely N-dealkylation sites (tertiary alicyclic amines) is 1. The Hall–Kier alpha value is -1.82. The second-order valence-electron chi connectivity index (χ2n) is 6.58. The van der Waals surface area contributed by atoms with E-state index in [0.29, 0.717) is 11.7 Å². The van der Waals surface area contributed by atoms with Gasteiger partial charge in [-0.25, -0.2) is 0 Å². The zero-order valence-corrected chi connectivity index (χ0v) is 15.1. The maximum absolute atomic E-state index is 12.7. The highest BCUT2D eigenvalue weighted by atomic mass is 32.2. The number of thioether (sulfide) groups is 1. The molecule has 24 heavy (non-hydrogen) atoms. The lowest BCUT2D eigenvalue weighted by Crippen LogP contribution is -2.33. The van der Waals surface area contributed by atoms with Crippen LogP contribution in [0.2, 0.25) is 0 Å². The Balaban J connectivity index is 1.67. The fourth-order valence-corrected chi connectivity index (χ4v) is 3.94. The van der Waals surface area contributed by atoms with Crippen molar-refractivity contribution >= 4 is 17.7 Å². The van der Waals surface area contributed by atoms with Crippen molar-refractivity contribution in [1.82, 2.24) is 19.7 Å². The number of carbonyl (C=O) groups is 1. The largest absolute Gasteiger partial charge is 0.332 e. The van der Waals surface area contributed by atoms with E-state index >= 15 is 0 Å². The number of amides is 1. The molecular weight excluding hydrogens is 320 g/mol. The third kappa shape index (κ3) is 3.98. The molecule has 0 unspecified atom stereocenters. The van der Waals surface area contributed by atoms with Gasteiger partial charge in [-0.1, -0.05) is 32.0 Å². The van der Waals surface area contributed by atoms with Crippen LogP contribution < -0.4 is 0 Å². The molecule has 0 aliphatic carbocycles. The Morgan fingerprint density at radius 3 is 2.88 bits per heavy atom. The van der Waals surface area contributed by atoms with Gasteiger partial charge in [0.05, 0.1) is 11.8 Å². The van der Waals surface area contributed by atoms with E-state index in [1.54, 1.807) is 18.1 Å². The lowest BCUT2D eigenvalue weighted by atomic mass is 10.2. The first-order chi connectivity index (χ1) is 11.6. The van der Waals surface area contributed by atoms with Gasteiger partial charge in [-0.2, -0.15) is 0 Å². The van der Waals surface area contributed by atoms with E-state index in [0.717, 1.165) is 36.7 Å². The third-order valence-electron chi connectivity index (χ3n) is 4.18. The molecule has 0 bridgehead atoms. The van der Waals surface area contributed by atoms with Crippen LogP contribution in [0.4, 0.5) is 0 Å². The monoisotopic (exact) mass is 344 g/mol. The lowest BCUT2D eigenvalue weighted by molar-refractivity contribution is -0.129. The Kier molecular flexibility index (Phi) is 5.56. The normalized spacial score (nSPS) is 17.6. The van der Waals surface area contributed by atoms with Crippen LogP contribution in [0.15, 0.2) is 41.6 Å². The highest BCUT2D eigenvalue weighted by Gasteiger charge is 2.33. The van der Waals surface area contributed by atoms with Gasteiger partial charge in [-0.3, -0.25) is 4.79 Å². The van der Waals surface area contributed by atoms with Gasteiger partial charge in [0.25, 0.3) is 0 Å². The SMILES string of the molecule is CC(C)Cn1cnnc1[C@@H]1CCCN1C(=O)CSc1ccccc1. The molecule has 3 rings (SSSR count). The van der Waals surface area contributed by atoms with Crippen molar-refractivity contribution in [3.05, 3.63) is 42.5 Å². The molecule has 2 heterocycles. The van der Waals surface area contributed by atoms with Crippen LogP contribution in [0.25, 0.3) is 0 Å². The number of carbonyl (C=O) groups excluding carboxylic acids is 1. The highest BCUT2D eigenvalue weighted by Crippen LogP contribution is 2.32. The fourth-order valence-electron chi connectivity index (χ4n) is 3.13. The van der Waals surface area contributed by atoms with Crippen molar-refractivity contribution in [2.75, 3.05) is 12.3 Å². The van der Waals surface area contributed by atoms with Crippen molar-refractivity contribution in [2.45, 2.75) is 44.2 Å². The van der Waals surface area contributed by atoms with Crippen molar-refractivity contribution in [3.63, 3.8) is 0 Å². The van der Waals surface area contributed by atoms with Gasteiger partial charge in [-0.15, -0.1) is 22.0 Å². The third-order valence-corrected chi connectivity index (χ3v) is 5.18. The summed E-state index contributed by atoms with van der Waals surface area (Å²) < 4.78 is 2.10. The minimum absolute atomic E-state index is 0.0649. The van der Waals surface area contributed by atoms with E-state index in [1.165, 1.54) is 0 Å². The molecule has 1 saturated heterocycles. The number of hydrogen-bond acceptors (Lipinski definition) is 4. The molecule has 1 aromatic carbocycles. The predicted molar refractivity (Wildman–Crippen MR) is 95.7 cm³/mol. The molecule has 128 valence electrons. The van der Waals surface area contributed by atoms with E-state index in [-0.39, 0.29) is 11.9 Å². The van der Waals surface area contributed by atoms with Gasteiger partial charge >= 0.3 is 0 Å². The minimum atomic E-state index is 0.0649. The summed E-state index contributed by atoms with van der Waals surface area (Å²) in [6.07, 6.45) is 3.79.